The molecule has 0 radical (unpaired) electrons. The van der Waals surface area contributed by atoms with Gasteiger partial charge in [-0.3, -0.25) is 4.57 Å². The van der Waals surface area contributed by atoms with E-state index in [9.17, 15) is 0 Å². The van der Waals surface area contributed by atoms with Gasteiger partial charge in [-0.2, -0.15) is 0 Å². The van der Waals surface area contributed by atoms with Crippen molar-refractivity contribution in [3.63, 3.8) is 0 Å². The summed E-state index contributed by atoms with van der Waals surface area (Å²) >= 11 is 1.80. The Morgan fingerprint density at radius 1 is 0.909 bits per heavy atom. The predicted octanol–water partition coefficient (Wildman–Crippen LogP) is 8.74. The molecule has 0 amide bonds. The largest absolute Gasteiger partial charge is 0.299 e. The molecule has 0 aliphatic rings. The van der Waals surface area contributed by atoms with Gasteiger partial charge in [0.25, 0.3) is 0 Å². The van der Waals surface area contributed by atoms with Crippen LogP contribution in [0.4, 0.5) is 0 Å². The standard InChI is InChI=1S/C30H36N2S/c1-18(2)30(8,9)25-13-11-10-12-24(25)29-31-26(27-22(6)17-33-23(27)7)16-32(29)28-20(4)14-19(3)15-21(28)5/h10-18H,1-9H3. The fraction of sp³-hybridized carbons (Fsp3) is 0.367. The second-order valence-corrected chi connectivity index (χ2v) is 11.4. The zero-order chi connectivity index (χ0) is 24.1. The molecule has 0 atom stereocenters. The van der Waals surface area contributed by atoms with Gasteiger partial charge in [-0.15, -0.1) is 11.3 Å². The normalized spacial score (nSPS) is 12.1. The zero-order valence-electron chi connectivity index (χ0n) is 21.5. The Bertz CT molecular complexity index is 1270. The second-order valence-electron chi connectivity index (χ2n) is 10.3. The average Bonchev–Trinajstić information content (AvgIpc) is 3.30. The van der Waals surface area contributed by atoms with Crippen molar-refractivity contribution < 1.29 is 0 Å². The third-order valence-electron chi connectivity index (χ3n) is 7.30. The van der Waals surface area contributed by atoms with Crippen molar-refractivity contribution in [1.82, 2.24) is 9.55 Å². The number of aromatic nitrogens is 2. The molecule has 0 spiro atoms. The van der Waals surface area contributed by atoms with Crippen molar-refractivity contribution in [2.45, 2.75) is 67.7 Å². The third kappa shape index (κ3) is 4.08. The molecular formula is C30H36N2S. The van der Waals surface area contributed by atoms with Crippen LogP contribution >= 0.6 is 11.3 Å². The van der Waals surface area contributed by atoms with Crippen molar-refractivity contribution in [1.29, 1.82) is 0 Å². The molecule has 0 bridgehead atoms. The summed E-state index contributed by atoms with van der Waals surface area (Å²) in [6, 6.07) is 13.4. The number of aryl methyl sites for hydroxylation is 5. The van der Waals surface area contributed by atoms with Gasteiger partial charge >= 0.3 is 0 Å². The van der Waals surface area contributed by atoms with E-state index < -0.39 is 0 Å². The predicted molar refractivity (Wildman–Crippen MR) is 144 cm³/mol. The smallest absolute Gasteiger partial charge is 0.145 e. The van der Waals surface area contributed by atoms with Gasteiger partial charge < -0.3 is 0 Å². The molecule has 33 heavy (non-hydrogen) atoms. The van der Waals surface area contributed by atoms with Crippen LogP contribution < -0.4 is 0 Å². The van der Waals surface area contributed by atoms with E-state index in [0.29, 0.717) is 5.92 Å². The van der Waals surface area contributed by atoms with Gasteiger partial charge in [0.1, 0.15) is 5.82 Å². The molecule has 2 heterocycles. The Morgan fingerprint density at radius 3 is 2.12 bits per heavy atom. The van der Waals surface area contributed by atoms with Gasteiger partial charge in [-0.25, -0.2) is 4.98 Å². The molecule has 0 aliphatic carbocycles. The van der Waals surface area contributed by atoms with Gasteiger partial charge in [0.2, 0.25) is 0 Å². The summed E-state index contributed by atoms with van der Waals surface area (Å²) in [5, 5.41) is 2.24. The number of hydrogen-bond donors (Lipinski definition) is 0. The van der Waals surface area contributed by atoms with E-state index in [4.69, 9.17) is 4.98 Å². The minimum Gasteiger partial charge on any atom is -0.299 e. The van der Waals surface area contributed by atoms with Gasteiger partial charge in [-0.05, 0) is 73.6 Å². The Balaban J connectivity index is 2.07. The molecule has 4 rings (SSSR count). The molecule has 0 N–H and O–H groups in total. The Kier molecular flexibility index (Phi) is 6.13. The van der Waals surface area contributed by atoms with Crippen LogP contribution in [-0.4, -0.2) is 9.55 Å². The quantitative estimate of drug-likeness (QED) is 0.293. The van der Waals surface area contributed by atoms with E-state index in [1.165, 1.54) is 49.5 Å². The van der Waals surface area contributed by atoms with Gasteiger partial charge in [0.15, 0.2) is 0 Å². The molecule has 2 aromatic carbocycles. The Morgan fingerprint density at radius 2 is 1.55 bits per heavy atom. The van der Waals surface area contributed by atoms with Crippen molar-refractivity contribution in [3.8, 4) is 28.3 Å². The maximum absolute atomic E-state index is 5.33. The molecule has 2 aromatic heterocycles. The zero-order valence-corrected chi connectivity index (χ0v) is 22.3. The molecule has 0 fully saturated rings. The monoisotopic (exact) mass is 456 g/mol. The molecule has 0 saturated heterocycles. The lowest BCUT2D eigenvalue weighted by molar-refractivity contribution is 0.373. The highest BCUT2D eigenvalue weighted by molar-refractivity contribution is 7.10. The molecule has 3 heteroatoms. The summed E-state index contributed by atoms with van der Waals surface area (Å²) in [5.41, 5.74) is 11.3. The number of nitrogens with zero attached hydrogens (tertiary/aromatic N) is 2. The second kappa shape index (κ2) is 8.61. The van der Waals surface area contributed by atoms with E-state index in [1.807, 2.05) is 0 Å². The molecule has 172 valence electrons. The number of hydrogen-bond acceptors (Lipinski definition) is 2. The lowest BCUT2D eigenvalue weighted by atomic mass is 9.73. The van der Waals surface area contributed by atoms with E-state index in [0.717, 1.165) is 11.5 Å². The van der Waals surface area contributed by atoms with Crippen LogP contribution in [0.1, 0.15) is 60.4 Å². The first-order valence-electron chi connectivity index (χ1n) is 11.8. The summed E-state index contributed by atoms with van der Waals surface area (Å²) in [4.78, 5) is 6.65. The van der Waals surface area contributed by atoms with E-state index >= 15 is 0 Å². The first kappa shape index (κ1) is 23.5. The van der Waals surface area contributed by atoms with Crippen LogP contribution in [0.5, 0.6) is 0 Å². The van der Waals surface area contributed by atoms with Crippen molar-refractivity contribution in [2.24, 2.45) is 5.92 Å². The van der Waals surface area contributed by atoms with E-state index in [1.54, 1.807) is 11.3 Å². The van der Waals surface area contributed by atoms with Crippen LogP contribution in [0.3, 0.4) is 0 Å². The molecular weight excluding hydrogens is 420 g/mol. The minimum atomic E-state index is 0.0269. The summed E-state index contributed by atoms with van der Waals surface area (Å²) in [7, 11) is 0. The lowest BCUT2D eigenvalue weighted by Gasteiger charge is -2.32. The Hall–Kier alpha value is -2.65. The van der Waals surface area contributed by atoms with Crippen LogP contribution in [0.2, 0.25) is 0 Å². The SMILES string of the molecule is Cc1cc(C)c(-n2cc(-c3c(C)csc3C)nc2-c2ccccc2C(C)(C)C(C)C)c(C)c1. The highest BCUT2D eigenvalue weighted by Crippen LogP contribution is 2.41. The van der Waals surface area contributed by atoms with E-state index in [2.05, 4.69) is 115 Å². The minimum absolute atomic E-state index is 0.0269. The molecule has 0 saturated carbocycles. The number of rotatable bonds is 5. The van der Waals surface area contributed by atoms with Crippen LogP contribution in [-0.2, 0) is 5.41 Å². The molecule has 0 unspecified atom stereocenters. The molecule has 2 nitrogen and oxygen atoms in total. The summed E-state index contributed by atoms with van der Waals surface area (Å²) in [5.74, 6) is 1.53. The van der Waals surface area contributed by atoms with Gasteiger partial charge in [0, 0.05) is 22.2 Å². The van der Waals surface area contributed by atoms with Crippen LogP contribution in [0, 0.1) is 40.5 Å². The van der Waals surface area contributed by atoms with Crippen molar-refractivity contribution in [2.75, 3.05) is 0 Å². The van der Waals surface area contributed by atoms with Gasteiger partial charge in [-0.1, -0.05) is 69.7 Å². The fourth-order valence-electron chi connectivity index (χ4n) is 4.92. The number of imidazole rings is 1. The first-order valence-corrected chi connectivity index (χ1v) is 12.7. The average molecular weight is 457 g/mol. The third-order valence-corrected chi connectivity index (χ3v) is 8.33. The van der Waals surface area contributed by atoms with Crippen molar-refractivity contribution >= 4 is 11.3 Å². The highest BCUT2D eigenvalue weighted by atomic mass is 32.1. The van der Waals surface area contributed by atoms with Crippen LogP contribution in [0.25, 0.3) is 28.3 Å². The Labute approximate surface area is 203 Å². The summed E-state index contributed by atoms with van der Waals surface area (Å²) in [6.45, 7) is 20.3. The topological polar surface area (TPSA) is 17.8 Å². The summed E-state index contributed by atoms with van der Waals surface area (Å²) < 4.78 is 2.34. The molecule has 4 aromatic rings. The summed E-state index contributed by atoms with van der Waals surface area (Å²) in [6.07, 6.45) is 2.25. The number of thiophene rings is 1. The van der Waals surface area contributed by atoms with Crippen LogP contribution in [0.15, 0.2) is 48.0 Å². The fourth-order valence-corrected chi connectivity index (χ4v) is 5.77. The molecule has 0 aliphatic heterocycles. The first-order chi connectivity index (χ1) is 15.5. The maximum atomic E-state index is 5.33. The van der Waals surface area contributed by atoms with Gasteiger partial charge in [0.05, 0.1) is 11.4 Å². The maximum Gasteiger partial charge on any atom is 0.145 e. The number of benzene rings is 2. The van der Waals surface area contributed by atoms with Crippen molar-refractivity contribution in [3.05, 3.63) is 80.7 Å². The van der Waals surface area contributed by atoms with E-state index in [-0.39, 0.29) is 5.41 Å². The highest BCUT2D eigenvalue weighted by Gasteiger charge is 2.29. The lowest BCUT2D eigenvalue weighted by Crippen LogP contribution is -2.25.